The molecule has 1 heterocycles. The van der Waals surface area contributed by atoms with E-state index in [1.165, 1.54) is 6.20 Å². The van der Waals surface area contributed by atoms with Crippen molar-refractivity contribution >= 4 is 0 Å². The standard InChI is InChI=1S/C9H12FNO/c1-6(2)12-8-4-7(3)5-11-9(8)10/h4-6H,1-3H3. The predicted octanol–water partition coefficient (Wildman–Crippen LogP) is 2.32. The van der Waals surface area contributed by atoms with E-state index in [-0.39, 0.29) is 11.9 Å². The van der Waals surface area contributed by atoms with Crippen molar-refractivity contribution in [3.8, 4) is 5.75 Å². The van der Waals surface area contributed by atoms with Crippen molar-refractivity contribution in [1.82, 2.24) is 4.98 Å². The third-order valence-corrected chi connectivity index (χ3v) is 1.31. The van der Waals surface area contributed by atoms with Crippen LogP contribution in [0, 0.1) is 12.9 Å². The monoisotopic (exact) mass is 169 g/mol. The van der Waals surface area contributed by atoms with Crippen molar-refractivity contribution in [2.24, 2.45) is 0 Å². The second-order valence-electron chi connectivity index (χ2n) is 2.97. The maximum Gasteiger partial charge on any atom is 0.255 e. The Kier molecular flexibility index (Phi) is 2.63. The molecule has 1 aromatic heterocycles. The second-order valence-corrected chi connectivity index (χ2v) is 2.97. The molecule has 2 nitrogen and oxygen atoms in total. The van der Waals surface area contributed by atoms with E-state index in [0.29, 0.717) is 0 Å². The van der Waals surface area contributed by atoms with E-state index in [1.807, 2.05) is 20.8 Å². The number of aryl methyl sites for hydroxylation is 1. The molecule has 0 aliphatic rings. The van der Waals surface area contributed by atoms with Gasteiger partial charge >= 0.3 is 0 Å². The van der Waals surface area contributed by atoms with Crippen molar-refractivity contribution in [1.29, 1.82) is 0 Å². The molecule has 0 bridgehead atoms. The lowest BCUT2D eigenvalue weighted by Gasteiger charge is -2.09. The van der Waals surface area contributed by atoms with Crippen LogP contribution in [-0.4, -0.2) is 11.1 Å². The summed E-state index contributed by atoms with van der Waals surface area (Å²) in [5, 5.41) is 0. The molecule has 0 radical (unpaired) electrons. The van der Waals surface area contributed by atoms with Gasteiger partial charge in [0.05, 0.1) is 6.10 Å². The fourth-order valence-corrected chi connectivity index (χ4v) is 0.862. The summed E-state index contributed by atoms with van der Waals surface area (Å²) >= 11 is 0. The first-order valence-corrected chi connectivity index (χ1v) is 3.88. The SMILES string of the molecule is Cc1cnc(F)c(OC(C)C)c1. The smallest absolute Gasteiger partial charge is 0.255 e. The van der Waals surface area contributed by atoms with E-state index >= 15 is 0 Å². The number of aromatic nitrogens is 1. The quantitative estimate of drug-likeness (QED) is 0.634. The van der Waals surface area contributed by atoms with Gasteiger partial charge in [-0.15, -0.1) is 0 Å². The average Bonchev–Trinajstić information content (AvgIpc) is 1.96. The number of hydrogen-bond acceptors (Lipinski definition) is 2. The topological polar surface area (TPSA) is 22.1 Å². The van der Waals surface area contributed by atoms with Crippen LogP contribution in [-0.2, 0) is 0 Å². The van der Waals surface area contributed by atoms with Crippen molar-refractivity contribution < 1.29 is 9.13 Å². The molecule has 0 aromatic carbocycles. The first kappa shape index (κ1) is 8.97. The fourth-order valence-electron chi connectivity index (χ4n) is 0.862. The highest BCUT2D eigenvalue weighted by Gasteiger charge is 2.05. The van der Waals surface area contributed by atoms with Gasteiger partial charge in [-0.3, -0.25) is 0 Å². The van der Waals surface area contributed by atoms with Crippen LogP contribution in [0.1, 0.15) is 19.4 Å². The Hall–Kier alpha value is -1.12. The highest BCUT2D eigenvalue weighted by atomic mass is 19.1. The van der Waals surface area contributed by atoms with Gasteiger partial charge in [0.2, 0.25) is 0 Å². The first-order valence-electron chi connectivity index (χ1n) is 3.88. The zero-order chi connectivity index (χ0) is 9.14. The summed E-state index contributed by atoms with van der Waals surface area (Å²) in [6, 6.07) is 1.64. The Morgan fingerprint density at radius 3 is 2.75 bits per heavy atom. The van der Waals surface area contributed by atoms with Crippen LogP contribution in [0.15, 0.2) is 12.3 Å². The molecule has 0 saturated carbocycles. The van der Waals surface area contributed by atoms with Crippen LogP contribution in [0.5, 0.6) is 5.75 Å². The molecule has 0 saturated heterocycles. The van der Waals surface area contributed by atoms with E-state index in [9.17, 15) is 4.39 Å². The predicted molar refractivity (Wildman–Crippen MR) is 44.7 cm³/mol. The highest BCUT2D eigenvalue weighted by Crippen LogP contribution is 2.16. The van der Waals surface area contributed by atoms with Crippen molar-refractivity contribution in [2.45, 2.75) is 26.9 Å². The molecule has 3 heteroatoms. The Balaban J connectivity index is 2.90. The van der Waals surface area contributed by atoms with Gasteiger partial charge in [0.25, 0.3) is 5.95 Å². The summed E-state index contributed by atoms with van der Waals surface area (Å²) < 4.78 is 18.1. The minimum atomic E-state index is -0.547. The molecule has 0 atom stereocenters. The van der Waals surface area contributed by atoms with Gasteiger partial charge < -0.3 is 4.74 Å². The van der Waals surface area contributed by atoms with Gasteiger partial charge in [-0.1, -0.05) is 0 Å². The van der Waals surface area contributed by atoms with Gasteiger partial charge in [0.15, 0.2) is 5.75 Å². The number of hydrogen-bond donors (Lipinski definition) is 0. The summed E-state index contributed by atoms with van der Waals surface area (Å²) in [5.74, 6) is -0.320. The number of pyridine rings is 1. The second kappa shape index (κ2) is 3.52. The first-order chi connectivity index (χ1) is 5.59. The van der Waals surface area contributed by atoms with Crippen molar-refractivity contribution in [3.63, 3.8) is 0 Å². The maximum atomic E-state index is 12.9. The third-order valence-electron chi connectivity index (χ3n) is 1.31. The lowest BCUT2D eigenvalue weighted by molar-refractivity contribution is 0.228. The lowest BCUT2D eigenvalue weighted by atomic mass is 10.3. The highest BCUT2D eigenvalue weighted by molar-refractivity contribution is 5.24. The summed E-state index contributed by atoms with van der Waals surface area (Å²) in [6.07, 6.45) is 1.45. The molecular formula is C9H12FNO. The number of rotatable bonds is 2. The summed E-state index contributed by atoms with van der Waals surface area (Å²) in [7, 11) is 0. The Bertz CT molecular complexity index is 273. The third kappa shape index (κ3) is 2.19. The Morgan fingerprint density at radius 1 is 1.50 bits per heavy atom. The van der Waals surface area contributed by atoms with E-state index in [4.69, 9.17) is 4.74 Å². The molecule has 0 aliphatic heterocycles. The van der Waals surface area contributed by atoms with Crippen molar-refractivity contribution in [2.75, 3.05) is 0 Å². The number of halogens is 1. The minimum Gasteiger partial charge on any atom is -0.486 e. The van der Waals surface area contributed by atoms with E-state index in [2.05, 4.69) is 4.98 Å². The molecule has 66 valence electrons. The van der Waals surface area contributed by atoms with Gasteiger partial charge in [0, 0.05) is 6.20 Å². The molecule has 1 rings (SSSR count). The Labute approximate surface area is 71.4 Å². The maximum absolute atomic E-state index is 12.9. The minimum absolute atomic E-state index is 0.0249. The van der Waals surface area contributed by atoms with Gasteiger partial charge in [-0.05, 0) is 32.4 Å². The number of ether oxygens (including phenoxy) is 1. The average molecular weight is 169 g/mol. The molecule has 0 unspecified atom stereocenters. The van der Waals surface area contributed by atoms with Gasteiger partial charge in [-0.25, -0.2) is 4.98 Å². The van der Waals surface area contributed by atoms with E-state index in [1.54, 1.807) is 6.07 Å². The van der Waals surface area contributed by atoms with Crippen LogP contribution in [0.4, 0.5) is 4.39 Å². The van der Waals surface area contributed by atoms with Gasteiger partial charge in [-0.2, -0.15) is 4.39 Å². The zero-order valence-corrected chi connectivity index (χ0v) is 7.47. The molecule has 0 N–H and O–H groups in total. The molecular weight excluding hydrogens is 157 g/mol. The summed E-state index contributed by atoms with van der Waals surface area (Å²) in [5.41, 5.74) is 0.895. The lowest BCUT2D eigenvalue weighted by Crippen LogP contribution is -2.07. The fraction of sp³-hybridized carbons (Fsp3) is 0.444. The van der Waals surface area contributed by atoms with Crippen LogP contribution in [0.3, 0.4) is 0 Å². The molecule has 0 amide bonds. The normalized spacial score (nSPS) is 10.4. The molecule has 12 heavy (non-hydrogen) atoms. The molecule has 1 aromatic rings. The zero-order valence-electron chi connectivity index (χ0n) is 7.47. The Morgan fingerprint density at radius 2 is 2.17 bits per heavy atom. The van der Waals surface area contributed by atoms with Crippen LogP contribution in [0.2, 0.25) is 0 Å². The van der Waals surface area contributed by atoms with E-state index < -0.39 is 5.95 Å². The van der Waals surface area contributed by atoms with Crippen LogP contribution in [0.25, 0.3) is 0 Å². The largest absolute Gasteiger partial charge is 0.486 e. The van der Waals surface area contributed by atoms with Crippen molar-refractivity contribution in [3.05, 3.63) is 23.8 Å². The van der Waals surface area contributed by atoms with Crippen LogP contribution < -0.4 is 4.74 Å². The van der Waals surface area contributed by atoms with Gasteiger partial charge in [0.1, 0.15) is 0 Å². The van der Waals surface area contributed by atoms with Crippen LogP contribution >= 0.6 is 0 Å². The molecule has 0 aliphatic carbocycles. The summed E-state index contributed by atoms with van der Waals surface area (Å²) in [4.78, 5) is 3.54. The molecule has 0 fully saturated rings. The number of nitrogens with zero attached hydrogens (tertiary/aromatic N) is 1. The van der Waals surface area contributed by atoms with E-state index in [0.717, 1.165) is 5.56 Å². The summed E-state index contributed by atoms with van der Waals surface area (Å²) in [6.45, 7) is 5.54. The molecule has 0 spiro atoms.